The summed E-state index contributed by atoms with van der Waals surface area (Å²) in [5, 5.41) is 6.98. The molecule has 0 spiro atoms. The molecule has 0 radical (unpaired) electrons. The van der Waals surface area contributed by atoms with Crippen LogP contribution in [-0.2, 0) is 4.74 Å². The Labute approximate surface area is 91.7 Å². The van der Waals surface area contributed by atoms with Gasteiger partial charge in [-0.15, -0.1) is 0 Å². The fourth-order valence-electron chi connectivity index (χ4n) is 0.434. The molecule has 12 heavy (non-hydrogen) atoms. The van der Waals surface area contributed by atoms with Crippen LogP contribution in [0.5, 0.6) is 0 Å². The third kappa shape index (κ3) is 4.35. The number of halogens is 4. The van der Waals surface area contributed by atoms with Crippen molar-refractivity contribution in [2.24, 2.45) is 0 Å². The standard InChI is InChI=1S/C6H10Cl4O2/c1-2-3-4-12-6(10,11)5(7,8)9/h11H,2-4H2,1H3. The Balaban J connectivity index is 3.88. The lowest BCUT2D eigenvalue weighted by Crippen LogP contribution is -2.40. The number of rotatable bonds is 4. The first-order valence-electron chi connectivity index (χ1n) is 3.43. The molecule has 0 aromatic carbocycles. The summed E-state index contributed by atoms with van der Waals surface area (Å²) in [5.74, 6) is 0. The number of hydrogen-bond donors (Lipinski definition) is 1. The highest BCUT2D eigenvalue weighted by Crippen LogP contribution is 2.41. The second-order valence-electron chi connectivity index (χ2n) is 2.26. The molecule has 0 bridgehead atoms. The van der Waals surface area contributed by atoms with Crippen LogP contribution in [0.2, 0.25) is 0 Å². The largest absolute Gasteiger partial charge is 0.350 e. The molecule has 0 heterocycles. The molecule has 2 nitrogen and oxygen atoms in total. The van der Waals surface area contributed by atoms with Crippen molar-refractivity contribution >= 4 is 46.4 Å². The highest BCUT2D eigenvalue weighted by atomic mass is 35.6. The van der Waals surface area contributed by atoms with Gasteiger partial charge in [-0.2, -0.15) is 0 Å². The fraction of sp³-hybridized carbons (Fsp3) is 1.00. The first-order valence-corrected chi connectivity index (χ1v) is 4.94. The highest BCUT2D eigenvalue weighted by molar-refractivity contribution is 6.70. The van der Waals surface area contributed by atoms with Gasteiger partial charge in [-0.05, 0) is 6.42 Å². The van der Waals surface area contributed by atoms with Crippen LogP contribution in [0, 0.1) is 0 Å². The molecule has 0 fully saturated rings. The van der Waals surface area contributed by atoms with Gasteiger partial charge in [0, 0.05) is 0 Å². The first-order chi connectivity index (χ1) is 5.31. The van der Waals surface area contributed by atoms with Crippen LogP contribution in [0.15, 0.2) is 0 Å². The van der Waals surface area contributed by atoms with Gasteiger partial charge in [-0.3, -0.25) is 0 Å². The smallest absolute Gasteiger partial charge is 0.295 e. The summed E-state index contributed by atoms with van der Waals surface area (Å²) >= 11 is 21.4. The second kappa shape index (κ2) is 5.08. The van der Waals surface area contributed by atoms with E-state index in [1.807, 2.05) is 6.92 Å². The Kier molecular flexibility index (Phi) is 5.54. The van der Waals surface area contributed by atoms with Crippen LogP contribution >= 0.6 is 46.4 Å². The summed E-state index contributed by atoms with van der Waals surface area (Å²) in [5.41, 5.74) is 0. The maximum Gasteiger partial charge on any atom is 0.295 e. The molecular weight excluding hydrogens is 246 g/mol. The minimum atomic E-state index is -2.24. The number of hydrogen-bond acceptors (Lipinski definition) is 2. The van der Waals surface area contributed by atoms with Crippen molar-refractivity contribution in [3.63, 3.8) is 0 Å². The van der Waals surface area contributed by atoms with Crippen LogP contribution in [0.4, 0.5) is 0 Å². The normalized spacial score (nSPS) is 17.5. The minimum absolute atomic E-state index is 0.254. The van der Waals surface area contributed by atoms with Crippen molar-refractivity contribution in [1.29, 1.82) is 0 Å². The molecule has 1 unspecified atom stereocenters. The van der Waals surface area contributed by atoms with Gasteiger partial charge in [0.1, 0.15) is 0 Å². The van der Waals surface area contributed by atoms with Gasteiger partial charge in [0.25, 0.3) is 9.04 Å². The van der Waals surface area contributed by atoms with Crippen molar-refractivity contribution in [2.75, 3.05) is 6.61 Å². The molecule has 0 aromatic heterocycles. The average molecular weight is 256 g/mol. The summed E-state index contributed by atoms with van der Waals surface area (Å²) in [4.78, 5) is 0. The van der Waals surface area contributed by atoms with E-state index < -0.39 is 9.04 Å². The zero-order valence-electron chi connectivity index (χ0n) is 6.49. The lowest BCUT2D eigenvalue weighted by Gasteiger charge is -2.27. The van der Waals surface area contributed by atoms with Gasteiger partial charge in [-0.1, -0.05) is 59.7 Å². The Morgan fingerprint density at radius 3 is 2.08 bits per heavy atom. The van der Waals surface area contributed by atoms with E-state index >= 15 is 0 Å². The Morgan fingerprint density at radius 1 is 1.25 bits per heavy atom. The monoisotopic (exact) mass is 254 g/mol. The van der Waals surface area contributed by atoms with Crippen LogP contribution in [0.25, 0.3) is 0 Å². The number of alkyl halides is 4. The highest BCUT2D eigenvalue weighted by Gasteiger charge is 2.47. The molecule has 0 rings (SSSR count). The van der Waals surface area contributed by atoms with Crippen molar-refractivity contribution < 1.29 is 9.84 Å². The Hall–Kier alpha value is 1.08. The van der Waals surface area contributed by atoms with Crippen LogP contribution in [0.1, 0.15) is 19.8 Å². The zero-order valence-corrected chi connectivity index (χ0v) is 9.51. The third-order valence-corrected chi connectivity index (χ3v) is 2.59. The van der Waals surface area contributed by atoms with E-state index in [1.54, 1.807) is 0 Å². The van der Waals surface area contributed by atoms with Crippen LogP contribution in [0.3, 0.4) is 0 Å². The molecule has 1 N–H and O–H groups in total. The van der Waals surface area contributed by atoms with Gasteiger partial charge in [0.2, 0.25) is 0 Å². The molecule has 1 atom stereocenters. The topological polar surface area (TPSA) is 29.5 Å². The summed E-state index contributed by atoms with van der Waals surface area (Å²) in [6.07, 6.45) is 1.66. The average Bonchev–Trinajstić information content (AvgIpc) is 1.85. The molecule has 0 saturated heterocycles. The van der Waals surface area contributed by atoms with Gasteiger partial charge in [0.15, 0.2) is 0 Å². The van der Waals surface area contributed by atoms with Gasteiger partial charge in [0.05, 0.1) is 6.61 Å². The SMILES string of the molecule is CCCCOC(O)(Cl)C(Cl)(Cl)Cl. The quantitative estimate of drug-likeness (QED) is 0.475. The van der Waals surface area contributed by atoms with E-state index in [-0.39, 0.29) is 6.61 Å². The minimum Gasteiger partial charge on any atom is -0.350 e. The third-order valence-electron chi connectivity index (χ3n) is 1.14. The molecule has 74 valence electrons. The van der Waals surface area contributed by atoms with E-state index in [0.29, 0.717) is 0 Å². The summed E-state index contributed by atoms with van der Waals surface area (Å²) in [7, 11) is 0. The predicted molar refractivity (Wildman–Crippen MR) is 52.0 cm³/mol. The van der Waals surface area contributed by atoms with E-state index in [2.05, 4.69) is 0 Å². The van der Waals surface area contributed by atoms with Crippen molar-refractivity contribution in [3.05, 3.63) is 0 Å². The van der Waals surface area contributed by atoms with Crippen molar-refractivity contribution in [1.82, 2.24) is 0 Å². The first kappa shape index (κ1) is 13.1. The number of ether oxygens (including phenoxy) is 1. The zero-order chi connectivity index (χ0) is 9.83. The molecule has 0 aliphatic rings. The maximum absolute atomic E-state index is 9.22. The number of aliphatic hydroxyl groups is 1. The van der Waals surface area contributed by atoms with Crippen molar-refractivity contribution in [2.45, 2.75) is 28.8 Å². The van der Waals surface area contributed by atoms with Gasteiger partial charge >= 0.3 is 0 Å². The van der Waals surface area contributed by atoms with E-state index in [4.69, 9.17) is 51.1 Å². The van der Waals surface area contributed by atoms with Crippen LogP contribution in [-0.4, -0.2) is 20.8 Å². The maximum atomic E-state index is 9.22. The Bertz CT molecular complexity index is 132. The van der Waals surface area contributed by atoms with Gasteiger partial charge in [-0.25, -0.2) is 0 Å². The van der Waals surface area contributed by atoms with Crippen molar-refractivity contribution in [3.8, 4) is 0 Å². The van der Waals surface area contributed by atoms with E-state index in [1.165, 1.54) is 0 Å². The lowest BCUT2D eigenvalue weighted by molar-refractivity contribution is -0.135. The number of unbranched alkanes of at least 4 members (excludes halogenated alkanes) is 1. The molecular formula is C6H10Cl4O2. The summed E-state index contributed by atoms with van der Waals surface area (Å²) in [6.45, 7) is 2.22. The second-order valence-corrected chi connectivity index (χ2v) is 5.05. The molecule has 0 saturated carbocycles. The fourth-order valence-corrected chi connectivity index (χ4v) is 0.674. The lowest BCUT2D eigenvalue weighted by atomic mass is 10.4. The van der Waals surface area contributed by atoms with E-state index in [9.17, 15) is 5.11 Å². The predicted octanol–water partition coefficient (Wildman–Crippen LogP) is 3.06. The van der Waals surface area contributed by atoms with Gasteiger partial charge < -0.3 is 9.84 Å². The molecule has 0 aliphatic carbocycles. The summed E-state index contributed by atoms with van der Waals surface area (Å²) < 4.78 is 2.72. The molecule has 0 aromatic rings. The summed E-state index contributed by atoms with van der Waals surface area (Å²) in [6, 6.07) is 0. The molecule has 0 amide bonds. The van der Waals surface area contributed by atoms with Crippen LogP contribution < -0.4 is 0 Å². The van der Waals surface area contributed by atoms with E-state index in [0.717, 1.165) is 12.8 Å². The molecule has 6 heteroatoms. The molecule has 0 aliphatic heterocycles. The Morgan fingerprint density at radius 2 is 1.75 bits per heavy atom.